The quantitative estimate of drug-likeness (QED) is 0.0122. The number of aromatic nitrogens is 1. The third kappa shape index (κ3) is 23.4. The van der Waals surface area contributed by atoms with Gasteiger partial charge in [0.05, 0.1) is 35.6 Å². The smallest absolute Gasteiger partial charge is 0.340 e. The molecule has 4 aliphatic rings. The molecule has 1 saturated carbocycles. The number of carbonyl (C=O) groups excluding carboxylic acids is 12. The summed E-state index contributed by atoms with van der Waals surface area (Å²) in [6.07, 6.45) is 10.9. The second-order valence-electron chi connectivity index (χ2n) is 33.7. The van der Waals surface area contributed by atoms with Gasteiger partial charge in [-0.15, -0.1) is 0 Å². The minimum Gasteiger partial charge on any atom is -0.508 e. The highest BCUT2D eigenvalue weighted by Gasteiger charge is 2.54. The van der Waals surface area contributed by atoms with Crippen LogP contribution in [0.2, 0.25) is 0 Å². The molecule has 8 atom stereocenters. The van der Waals surface area contributed by atoms with Crippen LogP contribution in [0.25, 0.3) is 10.9 Å². The van der Waals surface area contributed by atoms with Crippen LogP contribution in [0.5, 0.6) is 28.7 Å². The van der Waals surface area contributed by atoms with Crippen LogP contribution in [0.1, 0.15) is 223 Å². The third-order valence-electron chi connectivity index (χ3n) is 23.8. The van der Waals surface area contributed by atoms with Gasteiger partial charge in [0.2, 0.25) is 46.8 Å². The molecule has 1 spiro atoms. The number of ether oxygens (including phenoxy) is 2. The molecule has 7 aromatic rings. The zero-order valence-corrected chi connectivity index (χ0v) is 68.9. The number of hydrogen-bond donors (Lipinski definition) is 12. The number of fused-ring (bicyclic) bond motifs is 7. The number of nitrogens with two attached hydrogens (primary N) is 1. The summed E-state index contributed by atoms with van der Waals surface area (Å²) in [7, 11) is 0. The number of nitrogens with one attached hydrogen (secondary N) is 7. The van der Waals surface area contributed by atoms with Gasteiger partial charge in [-0.3, -0.25) is 57.5 Å². The van der Waals surface area contributed by atoms with Crippen LogP contribution in [0.4, 0.5) is 0 Å². The Morgan fingerprint density at radius 1 is 0.620 bits per heavy atom. The maximum Gasteiger partial charge on any atom is 0.340 e. The predicted octanol–water partition coefficient (Wildman–Crippen LogP) is 11.4. The molecule has 1 fully saturated rings. The summed E-state index contributed by atoms with van der Waals surface area (Å²) >= 11 is 0. The number of ketones is 7. The summed E-state index contributed by atoms with van der Waals surface area (Å²) in [5.74, 6) is -13.2. The van der Waals surface area contributed by atoms with E-state index in [4.69, 9.17) is 15.2 Å². The molecule has 640 valence electrons. The number of phenolic OH excluding ortho intramolecular Hbond substituents is 3. The van der Waals surface area contributed by atoms with Crippen molar-refractivity contribution in [1.29, 1.82) is 0 Å². The summed E-state index contributed by atoms with van der Waals surface area (Å²) < 4.78 is 12.3. The van der Waals surface area contributed by atoms with Crippen molar-refractivity contribution in [2.24, 2.45) is 29.4 Å². The standard InChI is InChI=1S/C94H110N8O19/c1-56-84(112)85(113)75(39-41-82(95)109)97-55-64(46-58-23-19-24-58)90(118)99-92(2,3)43-17-10-8-6-5-7-9-11-18-44-93(4,87(115)86(114)76(40-42-83(110)111)101-102-77(47-59-29-32-65(103)33-30-59)79(108)51-62(88(116)98-56)48-63-54-96-74-27-16-15-26-69(63)74)100-89(117)61(45-57-21-13-12-14-22-57)49-66(104)25-20-28-78(107)60-31-36-71-70(50-60)91(119)121-94(71)72-37-34-67(105)52-80(72)120-81-53-68(106)35-38-73(81)94/h6,8,12-16,21-22,26-27,29-38,50,52-54,56,58,61-62,64,75-77,96-97,101-103,105-106H,5,7,9-11,17-20,23-25,28,39-49,51,55H2,1-4H3,(H2,95,109)(H,98,116)(H,99,118)(H,100,117)(H,110,111)/b8-6+/t56?,61-,62-,64-,75+,76+,77+,93-/m1/s1. The summed E-state index contributed by atoms with van der Waals surface area (Å²) in [6.45, 7) is 6.61. The number of hydrogen-bond acceptors (Lipinski definition) is 21. The van der Waals surface area contributed by atoms with Crippen molar-refractivity contribution >= 4 is 87.0 Å². The van der Waals surface area contributed by atoms with Crippen molar-refractivity contribution < 1.29 is 92.2 Å². The molecule has 0 saturated heterocycles. The molecule has 0 bridgehead atoms. The zero-order chi connectivity index (χ0) is 86.7. The van der Waals surface area contributed by atoms with Gasteiger partial charge < -0.3 is 61.9 Å². The first kappa shape index (κ1) is 90.0. The van der Waals surface area contributed by atoms with Crippen LogP contribution in [0.3, 0.4) is 0 Å². The number of aliphatic carboxylic acids is 1. The van der Waals surface area contributed by atoms with Gasteiger partial charge in [0.1, 0.15) is 40.1 Å². The first-order valence-electron chi connectivity index (χ1n) is 42.0. The highest BCUT2D eigenvalue weighted by Crippen LogP contribution is 2.57. The first-order valence-corrected chi connectivity index (χ1v) is 42.0. The van der Waals surface area contributed by atoms with Crippen LogP contribution < -0.4 is 42.6 Å². The topological polar surface area (TPSA) is 435 Å². The van der Waals surface area contributed by atoms with E-state index in [1.54, 1.807) is 66.9 Å². The van der Waals surface area contributed by atoms with Crippen molar-refractivity contribution in [3.63, 3.8) is 0 Å². The van der Waals surface area contributed by atoms with Crippen molar-refractivity contribution in [3.8, 4) is 28.7 Å². The number of H-pyrrole nitrogens is 1. The molecule has 1 aromatic heterocycles. The van der Waals surface area contributed by atoms with E-state index in [9.17, 15) is 58.8 Å². The van der Waals surface area contributed by atoms with Gasteiger partial charge in [-0.1, -0.05) is 123 Å². The van der Waals surface area contributed by atoms with Crippen LogP contribution in [0, 0.1) is 23.7 Å². The highest BCUT2D eigenvalue weighted by atomic mass is 16.6. The molecule has 1 unspecified atom stereocenters. The number of esters is 1. The lowest BCUT2D eigenvalue weighted by Crippen LogP contribution is -2.61. The second kappa shape index (κ2) is 41.0. The number of para-hydroxylation sites is 1. The lowest BCUT2D eigenvalue weighted by atomic mass is 9.77. The number of carboxylic acid groups (broad SMARTS) is 1. The average Bonchev–Trinajstić information content (AvgIpc) is 1.57. The minimum atomic E-state index is -2.01. The van der Waals surface area contributed by atoms with E-state index in [-0.39, 0.29) is 122 Å². The fraction of sp³-hybridized carbons (Fsp3) is 0.436. The molecule has 1 aliphatic carbocycles. The normalized spacial score (nSPS) is 22.4. The lowest BCUT2D eigenvalue weighted by molar-refractivity contribution is -0.144. The largest absolute Gasteiger partial charge is 0.508 e. The SMILES string of the molecule is CC1NC(=O)[C@H](Cc2c[nH]c3ccccc23)CC(=O)[C@H](Cc2ccc(O)cc2)NN[C@@H](CCC(=O)O)C(=O)C(=O)[C@](C)(NC(=O)[C@@H](CC(=O)CCCC(=O)c2ccc3c(c2)C(=O)OC32c3ccc(O)cc3Oc3cc(O)ccc32)Cc2ccccc2)CCCCCC/C=C/CCCC(C)(C)NC(=O)[C@H](CC2CCC2)CN[C@@H](CCC(N)=O)C(=O)C1=O. The Kier molecular flexibility index (Phi) is 30.5. The monoisotopic (exact) mass is 1650 g/mol. The number of benzene rings is 6. The van der Waals surface area contributed by atoms with E-state index in [0.29, 0.717) is 89.2 Å². The first-order chi connectivity index (χ1) is 57.9. The highest BCUT2D eigenvalue weighted by molar-refractivity contribution is 6.43. The van der Waals surface area contributed by atoms with Gasteiger partial charge in [0, 0.05) is 114 Å². The minimum absolute atomic E-state index is 0.00359. The van der Waals surface area contributed by atoms with Crippen molar-refractivity contribution in [1.82, 2.24) is 37.1 Å². The van der Waals surface area contributed by atoms with Crippen LogP contribution in [0.15, 0.2) is 152 Å². The molecule has 6 aromatic carbocycles. The van der Waals surface area contributed by atoms with Crippen LogP contribution in [-0.2, 0) is 82.3 Å². The number of allylic oxidation sites excluding steroid dienone is 2. The maximum atomic E-state index is 15.6. The van der Waals surface area contributed by atoms with Crippen LogP contribution >= 0.6 is 0 Å². The van der Waals surface area contributed by atoms with Gasteiger partial charge in [0.15, 0.2) is 17.2 Å². The van der Waals surface area contributed by atoms with Gasteiger partial charge in [-0.05, 0) is 182 Å². The van der Waals surface area contributed by atoms with Crippen LogP contribution in [-0.4, -0.2) is 143 Å². The Morgan fingerprint density at radius 3 is 1.96 bits per heavy atom. The van der Waals surface area contributed by atoms with E-state index < -0.39 is 148 Å². The number of rotatable bonds is 23. The van der Waals surface area contributed by atoms with Crippen molar-refractivity contribution in [2.75, 3.05) is 6.54 Å². The number of amides is 4. The molecule has 11 rings (SSSR count). The van der Waals surface area contributed by atoms with E-state index in [2.05, 4.69) is 49.3 Å². The number of carbonyl (C=O) groups is 13. The Bertz CT molecular complexity index is 4980. The number of primary amides is 1. The fourth-order valence-electron chi connectivity index (χ4n) is 16.7. The predicted molar refractivity (Wildman–Crippen MR) is 450 cm³/mol. The zero-order valence-electron chi connectivity index (χ0n) is 68.9. The molecule has 13 N–H and O–H groups in total. The Morgan fingerprint density at radius 2 is 1.27 bits per heavy atom. The van der Waals surface area contributed by atoms with E-state index >= 15 is 24.0 Å². The molecule has 121 heavy (non-hydrogen) atoms. The third-order valence-corrected chi connectivity index (χ3v) is 23.8. The van der Waals surface area contributed by atoms with Gasteiger partial charge >= 0.3 is 11.9 Å². The van der Waals surface area contributed by atoms with Crippen molar-refractivity contribution in [3.05, 3.63) is 196 Å². The maximum absolute atomic E-state index is 15.6. The van der Waals surface area contributed by atoms with Gasteiger partial charge in [-0.2, -0.15) is 0 Å². The number of phenols is 3. The van der Waals surface area contributed by atoms with Gasteiger partial charge in [0.25, 0.3) is 0 Å². The molecule has 4 heterocycles. The molecule has 27 heteroatoms. The molecule has 3 aliphatic heterocycles. The van der Waals surface area contributed by atoms with Crippen molar-refractivity contribution in [2.45, 2.75) is 229 Å². The van der Waals surface area contributed by atoms with E-state index in [0.717, 1.165) is 32.1 Å². The molecular formula is C94H110N8O19. The molecule has 4 amide bonds. The molecule has 27 nitrogen and oxygen atoms in total. The Labute approximate surface area is 702 Å². The number of hydrazine groups is 1. The number of carboxylic acids is 1. The summed E-state index contributed by atoms with van der Waals surface area (Å²) in [4.78, 5) is 191. The van der Waals surface area contributed by atoms with Gasteiger partial charge in [-0.25, -0.2) is 15.6 Å². The molecule has 0 radical (unpaired) electrons. The fourth-order valence-corrected chi connectivity index (χ4v) is 16.7. The van der Waals surface area contributed by atoms with E-state index in [1.165, 1.54) is 68.4 Å². The summed E-state index contributed by atoms with van der Waals surface area (Å²) in [5, 5.41) is 54.1. The Balaban J connectivity index is 0.854. The molecular weight excluding hydrogens is 1550 g/mol. The summed E-state index contributed by atoms with van der Waals surface area (Å²) in [5.41, 5.74) is 11.0. The van der Waals surface area contributed by atoms with E-state index in [1.807, 2.05) is 32.0 Å². The number of aromatic hydroxyl groups is 3. The second-order valence-corrected chi connectivity index (χ2v) is 33.7. The lowest BCUT2D eigenvalue weighted by Gasteiger charge is -2.36. The summed E-state index contributed by atoms with van der Waals surface area (Å²) in [6, 6.07) is 29.3. The number of aromatic amines is 1. The number of Topliss-reactive ketones (excluding diaryl/α,β-unsaturated/α-hetero) is 7. The average molecular weight is 1660 g/mol. The Hall–Kier alpha value is -11.8.